The van der Waals surface area contributed by atoms with Crippen molar-refractivity contribution in [2.45, 2.75) is 173 Å². The summed E-state index contributed by atoms with van der Waals surface area (Å²) in [5.74, 6) is -0.975. The number of carbonyl (C=O) groups excluding carboxylic acids is 2. The van der Waals surface area contributed by atoms with E-state index in [2.05, 4.69) is 67.0 Å². The van der Waals surface area contributed by atoms with Crippen molar-refractivity contribution in [1.82, 2.24) is 0 Å². The number of rotatable bonds is 33. The van der Waals surface area contributed by atoms with Crippen LogP contribution in [-0.4, -0.2) is 53.3 Å². The highest BCUT2D eigenvalue weighted by Gasteiger charge is 2.36. The number of ether oxygens (including phenoxy) is 3. The molecule has 0 aromatic carbocycles. The second kappa shape index (κ2) is 30.8. The van der Waals surface area contributed by atoms with E-state index in [1.54, 1.807) is 0 Å². The van der Waals surface area contributed by atoms with E-state index in [-0.39, 0.29) is 31.7 Å². The minimum Gasteiger partial charge on any atom is -0.462 e. The van der Waals surface area contributed by atoms with Gasteiger partial charge in [0.05, 0.1) is 18.8 Å². The molecule has 0 saturated carbocycles. The van der Waals surface area contributed by atoms with E-state index in [4.69, 9.17) is 24.0 Å². The van der Waals surface area contributed by atoms with Crippen LogP contribution in [-0.2, 0) is 32.9 Å². The Labute approximate surface area is 297 Å². The van der Waals surface area contributed by atoms with Crippen molar-refractivity contribution in [2.75, 3.05) is 13.2 Å². The molecule has 0 aromatic heterocycles. The molecule has 282 valence electrons. The maximum absolute atomic E-state index is 12.4. The zero-order valence-corrected chi connectivity index (χ0v) is 31.4. The molecule has 10 heteroatoms. The zero-order valence-electron chi connectivity index (χ0n) is 30.5. The molecule has 0 aliphatic carbocycles. The van der Waals surface area contributed by atoms with Gasteiger partial charge >= 0.3 is 19.8 Å². The molecule has 0 amide bonds. The van der Waals surface area contributed by atoms with Gasteiger partial charge in [-0.1, -0.05) is 114 Å². The van der Waals surface area contributed by atoms with Crippen LogP contribution >= 0.6 is 7.82 Å². The van der Waals surface area contributed by atoms with E-state index in [1.165, 1.54) is 51.4 Å². The van der Waals surface area contributed by atoms with Crippen LogP contribution in [0.3, 0.4) is 0 Å². The molecule has 49 heavy (non-hydrogen) atoms. The summed E-state index contributed by atoms with van der Waals surface area (Å²) < 4.78 is 32.0. The Bertz CT molecular complexity index is 1000. The molecule has 9 nitrogen and oxygen atoms in total. The fourth-order valence-electron chi connectivity index (χ4n) is 5.28. The van der Waals surface area contributed by atoms with Gasteiger partial charge in [0.25, 0.3) is 0 Å². The standard InChI is InChI=1S/C39H67O9P/c1-3-5-7-9-11-13-15-17-19-21-23-25-27-31-39(41)47-35(34-46-49(42,43)44)33-45-38(40)32-28-30-37-36(48-37)29-26-24-22-20-18-16-14-12-10-8-6-4-2/h12-15,18,20,24,26,35-37H,3-11,16-17,19,21-23,25,27-34H2,1-2H3,(H2,42,43,44)/b14-12-,15-13-,20-18-,26-24-/t35-,36?,37?/m1/s1. The predicted molar refractivity (Wildman–Crippen MR) is 197 cm³/mol. The predicted octanol–water partition coefficient (Wildman–Crippen LogP) is 10.2. The maximum Gasteiger partial charge on any atom is 0.469 e. The first-order valence-electron chi connectivity index (χ1n) is 19.1. The summed E-state index contributed by atoms with van der Waals surface area (Å²) in [6.07, 6.45) is 38.5. The SMILES string of the molecule is CCCCC/C=C\C/C=C\C/C=C\CC1OC1CCCC(=O)OC[C@H](COP(=O)(O)O)OC(=O)CCCCCCC/C=C\CCCCCC. The monoisotopic (exact) mass is 710 g/mol. The first-order valence-corrected chi connectivity index (χ1v) is 20.6. The molecular formula is C39H67O9P. The van der Waals surface area contributed by atoms with Gasteiger partial charge in [0.2, 0.25) is 0 Å². The summed E-state index contributed by atoms with van der Waals surface area (Å²) in [6.45, 7) is 3.55. The van der Waals surface area contributed by atoms with Crippen LogP contribution in [0.25, 0.3) is 0 Å². The topological polar surface area (TPSA) is 132 Å². The van der Waals surface area contributed by atoms with Crippen LogP contribution in [0.5, 0.6) is 0 Å². The largest absolute Gasteiger partial charge is 0.469 e. The van der Waals surface area contributed by atoms with Crippen molar-refractivity contribution < 1.29 is 42.7 Å². The Morgan fingerprint density at radius 2 is 1.18 bits per heavy atom. The van der Waals surface area contributed by atoms with Crippen molar-refractivity contribution >= 4 is 19.8 Å². The van der Waals surface area contributed by atoms with E-state index in [0.29, 0.717) is 12.8 Å². The molecule has 1 saturated heterocycles. The highest BCUT2D eigenvalue weighted by Crippen LogP contribution is 2.36. The van der Waals surface area contributed by atoms with E-state index < -0.39 is 32.5 Å². The summed E-state index contributed by atoms with van der Waals surface area (Å²) in [5.41, 5.74) is 0. The summed E-state index contributed by atoms with van der Waals surface area (Å²) in [4.78, 5) is 42.8. The smallest absolute Gasteiger partial charge is 0.462 e. The molecule has 1 heterocycles. The number of hydrogen-bond donors (Lipinski definition) is 2. The molecule has 0 radical (unpaired) electrons. The van der Waals surface area contributed by atoms with E-state index in [9.17, 15) is 14.2 Å². The summed E-state index contributed by atoms with van der Waals surface area (Å²) in [6, 6.07) is 0. The van der Waals surface area contributed by atoms with Crippen molar-refractivity contribution in [3.8, 4) is 0 Å². The zero-order chi connectivity index (χ0) is 35.8. The molecular weight excluding hydrogens is 643 g/mol. The van der Waals surface area contributed by atoms with Crippen LogP contribution in [0.2, 0.25) is 0 Å². The van der Waals surface area contributed by atoms with Crippen molar-refractivity contribution in [3.63, 3.8) is 0 Å². The number of hydrogen-bond acceptors (Lipinski definition) is 7. The van der Waals surface area contributed by atoms with Crippen molar-refractivity contribution in [3.05, 3.63) is 48.6 Å². The molecule has 1 fully saturated rings. The first kappa shape index (κ1) is 45.0. The molecule has 2 N–H and O–H groups in total. The molecule has 0 bridgehead atoms. The Balaban J connectivity index is 2.16. The number of epoxide rings is 1. The highest BCUT2D eigenvalue weighted by molar-refractivity contribution is 7.46. The lowest BCUT2D eigenvalue weighted by Gasteiger charge is -2.18. The number of allylic oxidation sites excluding steroid dienone is 7. The minimum absolute atomic E-state index is 0.137. The first-order chi connectivity index (χ1) is 23.7. The average Bonchev–Trinajstić information content (AvgIpc) is 3.82. The third-order valence-electron chi connectivity index (χ3n) is 8.24. The van der Waals surface area contributed by atoms with E-state index >= 15 is 0 Å². The Kier molecular flexibility index (Phi) is 28.2. The lowest BCUT2D eigenvalue weighted by Crippen LogP contribution is -2.29. The molecule has 0 spiro atoms. The van der Waals surface area contributed by atoms with Gasteiger partial charge in [0, 0.05) is 12.8 Å². The fourth-order valence-corrected chi connectivity index (χ4v) is 5.64. The van der Waals surface area contributed by atoms with Crippen molar-refractivity contribution in [1.29, 1.82) is 0 Å². The molecule has 0 aromatic rings. The number of phosphoric acid groups is 1. The fraction of sp³-hybridized carbons (Fsp3) is 0.744. The van der Waals surface area contributed by atoms with Gasteiger partial charge in [-0.3, -0.25) is 14.1 Å². The Hall–Kier alpha value is -2.03. The second-order valence-corrected chi connectivity index (χ2v) is 14.2. The third kappa shape index (κ3) is 30.5. The van der Waals surface area contributed by atoms with Crippen LogP contribution in [0.15, 0.2) is 48.6 Å². The van der Waals surface area contributed by atoms with E-state index in [0.717, 1.165) is 64.2 Å². The summed E-state index contributed by atoms with van der Waals surface area (Å²) in [5, 5.41) is 0. The second-order valence-electron chi connectivity index (χ2n) is 12.9. The number of esters is 2. The molecule has 1 rings (SSSR count). The maximum atomic E-state index is 12.4. The van der Waals surface area contributed by atoms with Crippen molar-refractivity contribution in [2.24, 2.45) is 0 Å². The van der Waals surface area contributed by atoms with Gasteiger partial charge in [-0.15, -0.1) is 0 Å². The van der Waals surface area contributed by atoms with Gasteiger partial charge in [-0.2, -0.15) is 0 Å². The third-order valence-corrected chi connectivity index (χ3v) is 8.73. The van der Waals surface area contributed by atoms with Crippen LogP contribution in [0.4, 0.5) is 0 Å². The number of carbonyl (C=O) groups is 2. The van der Waals surface area contributed by atoms with Gasteiger partial charge in [-0.25, -0.2) is 4.57 Å². The van der Waals surface area contributed by atoms with Gasteiger partial charge in [-0.05, 0) is 77.0 Å². The number of phosphoric ester groups is 1. The van der Waals surface area contributed by atoms with Crippen LogP contribution < -0.4 is 0 Å². The molecule has 2 unspecified atom stereocenters. The normalized spacial score (nSPS) is 17.1. The van der Waals surface area contributed by atoms with Gasteiger partial charge in [0.1, 0.15) is 6.61 Å². The quantitative estimate of drug-likeness (QED) is 0.0224. The Morgan fingerprint density at radius 1 is 0.653 bits per heavy atom. The Morgan fingerprint density at radius 3 is 1.86 bits per heavy atom. The molecule has 3 atom stereocenters. The average molecular weight is 711 g/mol. The van der Waals surface area contributed by atoms with Crippen LogP contribution in [0, 0.1) is 0 Å². The minimum atomic E-state index is -4.77. The number of unbranched alkanes of at least 4 members (excludes halogenated alkanes) is 12. The molecule has 1 aliphatic rings. The van der Waals surface area contributed by atoms with E-state index in [1.807, 2.05) is 0 Å². The highest BCUT2D eigenvalue weighted by atomic mass is 31.2. The van der Waals surface area contributed by atoms with Gasteiger partial charge in [0.15, 0.2) is 6.10 Å². The lowest BCUT2D eigenvalue weighted by atomic mass is 10.1. The van der Waals surface area contributed by atoms with Gasteiger partial charge < -0.3 is 24.0 Å². The van der Waals surface area contributed by atoms with Crippen LogP contribution in [0.1, 0.15) is 155 Å². The summed E-state index contributed by atoms with van der Waals surface area (Å²) in [7, 11) is -4.77. The summed E-state index contributed by atoms with van der Waals surface area (Å²) >= 11 is 0. The molecule has 1 aliphatic heterocycles. The lowest BCUT2D eigenvalue weighted by molar-refractivity contribution is -0.161.